The number of nitrogens with one attached hydrogen (secondary N) is 1. The molecule has 22 heteroatoms. The Morgan fingerprint density at radius 2 is 0.848 bits per heavy atom. The van der Waals surface area contributed by atoms with Gasteiger partial charge in [0.15, 0.2) is 0 Å². The van der Waals surface area contributed by atoms with Gasteiger partial charge in [0, 0.05) is 6.54 Å². The van der Waals surface area contributed by atoms with Gasteiger partial charge in [-0.3, -0.25) is 0 Å². The smallest absolute Gasteiger partial charge is 0.330 e. The van der Waals surface area contributed by atoms with E-state index >= 15 is 0 Å². The van der Waals surface area contributed by atoms with Crippen molar-refractivity contribution in [2.75, 3.05) is 13.1 Å². The summed E-state index contributed by atoms with van der Waals surface area (Å²) in [6.07, 6.45) is -8.56. The lowest BCUT2D eigenvalue weighted by Crippen LogP contribution is -2.75. The molecule has 4 nitrogen and oxygen atoms in total. The van der Waals surface area contributed by atoms with Crippen molar-refractivity contribution in [2.24, 2.45) is 5.73 Å². The van der Waals surface area contributed by atoms with Gasteiger partial charge in [-0.1, -0.05) is 0 Å². The topological polar surface area (TPSA) is 72.2 Å². The van der Waals surface area contributed by atoms with E-state index in [2.05, 4.69) is 0 Å². The third kappa shape index (κ3) is 4.29. The van der Waals surface area contributed by atoms with Crippen LogP contribution in [0.15, 0.2) is 0 Å². The second-order valence-corrected chi connectivity index (χ2v) is 7.81. The first-order chi connectivity index (χ1) is 14.1. The average molecular weight is 556 g/mol. The Hall–Kier alpha value is -1.32. The molecule has 0 bridgehead atoms. The zero-order valence-electron chi connectivity index (χ0n) is 14.8. The number of halogens is 17. The van der Waals surface area contributed by atoms with Gasteiger partial charge in [-0.15, -0.1) is 0 Å². The van der Waals surface area contributed by atoms with E-state index in [1.807, 2.05) is 0 Å². The predicted octanol–water partition coefficient (Wildman–Crippen LogP) is 4.22. The fourth-order valence-corrected chi connectivity index (χ4v) is 2.78. The summed E-state index contributed by atoms with van der Waals surface area (Å²) in [7, 11) is -7.23. The van der Waals surface area contributed by atoms with E-state index in [0.717, 1.165) is 0 Å². The normalized spacial score (nSPS) is 16.3. The summed E-state index contributed by atoms with van der Waals surface area (Å²) in [5, 5.41) is -7.54. The third-order valence-electron chi connectivity index (χ3n) is 3.70. The Kier molecular flexibility index (Phi) is 8.08. The molecule has 0 saturated heterocycles. The molecule has 3 N–H and O–H groups in total. The zero-order chi connectivity index (χ0) is 27.3. The fraction of sp³-hybridized carbons (Fsp3) is 1.00. The molecular formula is C11H9F17N2O2S. The first-order valence-corrected chi connectivity index (χ1v) is 8.95. The van der Waals surface area contributed by atoms with E-state index in [1.165, 1.54) is 0 Å². The minimum atomic E-state index is -8.84. The Labute approximate surface area is 171 Å². The highest BCUT2D eigenvalue weighted by Gasteiger charge is 2.96. The van der Waals surface area contributed by atoms with Crippen molar-refractivity contribution in [3.8, 4) is 0 Å². The molecule has 0 saturated carbocycles. The van der Waals surface area contributed by atoms with Crippen molar-refractivity contribution in [1.82, 2.24) is 4.72 Å². The number of hydrogen-bond acceptors (Lipinski definition) is 3. The van der Waals surface area contributed by atoms with E-state index in [9.17, 15) is 83.1 Å². The van der Waals surface area contributed by atoms with Crippen LogP contribution >= 0.6 is 0 Å². The summed E-state index contributed by atoms with van der Waals surface area (Å²) >= 11 is 0. The van der Waals surface area contributed by atoms with Crippen LogP contribution in [0.4, 0.5) is 74.6 Å². The Morgan fingerprint density at radius 3 is 1.15 bits per heavy atom. The minimum absolute atomic E-state index is 0.423. The van der Waals surface area contributed by atoms with E-state index in [4.69, 9.17) is 5.73 Å². The molecule has 0 aliphatic carbocycles. The predicted molar refractivity (Wildman–Crippen MR) is 71.3 cm³/mol. The van der Waals surface area contributed by atoms with Gasteiger partial charge in [-0.2, -0.15) is 74.6 Å². The number of sulfonamides is 1. The summed E-state index contributed by atoms with van der Waals surface area (Å²) in [6.45, 7) is -1.94. The van der Waals surface area contributed by atoms with Crippen molar-refractivity contribution in [3.05, 3.63) is 0 Å². The van der Waals surface area contributed by atoms with Crippen molar-refractivity contribution in [2.45, 2.75) is 53.4 Å². The van der Waals surface area contributed by atoms with E-state index < -0.39 is 76.5 Å². The summed E-state index contributed by atoms with van der Waals surface area (Å²) in [4.78, 5) is 0. The first kappa shape index (κ1) is 31.7. The van der Waals surface area contributed by atoms with Crippen LogP contribution in [-0.2, 0) is 10.0 Å². The highest BCUT2D eigenvalue weighted by molar-refractivity contribution is 7.90. The molecule has 0 aliphatic rings. The zero-order valence-corrected chi connectivity index (χ0v) is 15.7. The molecule has 0 amide bonds. The second-order valence-electron chi connectivity index (χ2n) is 6.00. The monoisotopic (exact) mass is 556 g/mol. The van der Waals surface area contributed by atoms with Crippen LogP contribution in [0.5, 0.6) is 0 Å². The SMILES string of the molecule is NCCCNS(=O)(=O)C(F)(F)C(F)(F)C(F)(F)C(F)(F)C(F)(F)C(F)(F)C(F)(F)C(F)(F)F. The highest BCUT2D eigenvalue weighted by atomic mass is 32.2. The molecule has 33 heavy (non-hydrogen) atoms. The van der Waals surface area contributed by atoms with Crippen LogP contribution in [0, 0.1) is 0 Å². The summed E-state index contributed by atoms with van der Waals surface area (Å²) < 4.78 is 244. The van der Waals surface area contributed by atoms with Gasteiger partial charge in [-0.05, 0) is 13.0 Å². The Bertz CT molecular complexity index is 804. The van der Waals surface area contributed by atoms with Crippen LogP contribution < -0.4 is 10.5 Å². The quantitative estimate of drug-likeness (QED) is 0.296. The molecule has 0 aromatic carbocycles. The summed E-state index contributed by atoms with van der Waals surface area (Å²) in [6, 6.07) is 0. The van der Waals surface area contributed by atoms with Gasteiger partial charge in [0.1, 0.15) is 0 Å². The lowest BCUT2D eigenvalue weighted by Gasteiger charge is -2.42. The molecule has 200 valence electrons. The largest absolute Gasteiger partial charge is 0.460 e. The van der Waals surface area contributed by atoms with Gasteiger partial charge < -0.3 is 5.73 Å². The maximum atomic E-state index is 13.5. The minimum Gasteiger partial charge on any atom is -0.330 e. The highest BCUT2D eigenvalue weighted by Crippen LogP contribution is 2.64. The lowest BCUT2D eigenvalue weighted by atomic mass is 9.91. The maximum absolute atomic E-state index is 13.5. The van der Waals surface area contributed by atoms with Crippen LogP contribution in [-0.4, -0.2) is 68.5 Å². The van der Waals surface area contributed by atoms with Gasteiger partial charge in [0.2, 0.25) is 0 Å². The van der Waals surface area contributed by atoms with E-state index in [1.54, 1.807) is 0 Å². The van der Waals surface area contributed by atoms with Gasteiger partial charge in [-0.25, -0.2) is 13.1 Å². The third-order valence-corrected chi connectivity index (χ3v) is 5.22. The van der Waals surface area contributed by atoms with Gasteiger partial charge in [0.05, 0.1) is 0 Å². The van der Waals surface area contributed by atoms with Crippen molar-refractivity contribution in [1.29, 1.82) is 0 Å². The molecule has 0 spiro atoms. The number of rotatable bonds is 11. The van der Waals surface area contributed by atoms with Crippen LogP contribution in [0.1, 0.15) is 6.42 Å². The average Bonchev–Trinajstić information content (AvgIpc) is 2.59. The fourth-order valence-electron chi connectivity index (χ4n) is 1.72. The van der Waals surface area contributed by atoms with Crippen LogP contribution in [0.2, 0.25) is 0 Å². The van der Waals surface area contributed by atoms with Crippen molar-refractivity contribution in [3.63, 3.8) is 0 Å². The summed E-state index contributed by atoms with van der Waals surface area (Å²) in [5.41, 5.74) is 4.75. The molecule has 0 radical (unpaired) electrons. The standard InChI is InChI=1S/C11H9F17N2O2S/c12-4(13,6(16,17)8(20,21)10(24,25)26)5(14,15)7(18,19)9(22,23)11(27,28)33(31,32)30-3-1-2-29/h30H,1-3,29H2. The van der Waals surface area contributed by atoms with Gasteiger partial charge in [0.25, 0.3) is 10.0 Å². The first-order valence-electron chi connectivity index (χ1n) is 7.47. The van der Waals surface area contributed by atoms with Gasteiger partial charge >= 0.3 is 47.0 Å². The van der Waals surface area contributed by atoms with Crippen LogP contribution in [0.3, 0.4) is 0 Å². The van der Waals surface area contributed by atoms with Crippen LogP contribution in [0.25, 0.3) is 0 Å². The van der Waals surface area contributed by atoms with E-state index in [0.29, 0.717) is 4.72 Å². The molecule has 0 heterocycles. The van der Waals surface area contributed by atoms with Crippen molar-refractivity contribution >= 4 is 10.0 Å². The molecule has 0 unspecified atom stereocenters. The second kappa shape index (κ2) is 8.41. The Balaban J connectivity index is 6.77. The number of hydrogen-bond donors (Lipinski definition) is 2. The molecular weight excluding hydrogens is 547 g/mol. The number of nitrogens with two attached hydrogens (primary N) is 1. The van der Waals surface area contributed by atoms with E-state index in [-0.39, 0.29) is 0 Å². The molecule has 0 rings (SSSR count). The summed E-state index contributed by atoms with van der Waals surface area (Å²) in [5.74, 6) is -51.6. The Morgan fingerprint density at radius 1 is 0.545 bits per heavy atom. The maximum Gasteiger partial charge on any atom is 0.460 e. The van der Waals surface area contributed by atoms with Crippen molar-refractivity contribution < 1.29 is 83.1 Å². The molecule has 0 aromatic heterocycles. The molecule has 0 atom stereocenters. The number of alkyl halides is 17. The molecule has 0 aliphatic heterocycles. The lowest BCUT2D eigenvalue weighted by molar-refractivity contribution is -0.458. The molecule has 0 fully saturated rings. The molecule has 0 aromatic rings.